The fraction of sp³-hybridized carbons (Fsp3) is 0.182. The Morgan fingerprint density at radius 2 is 2.20 bits per heavy atom. The average Bonchev–Trinajstić information content (AvgIpc) is 2.20. The maximum atomic E-state index is 10.6. The van der Waals surface area contributed by atoms with Crippen molar-refractivity contribution in [1.29, 1.82) is 0 Å². The first-order chi connectivity index (χ1) is 7.15. The van der Waals surface area contributed by atoms with E-state index in [2.05, 4.69) is 11.8 Å². The van der Waals surface area contributed by atoms with Crippen LogP contribution in [0, 0.1) is 11.8 Å². The Kier molecular flexibility index (Phi) is 4.48. The van der Waals surface area contributed by atoms with Gasteiger partial charge in [-0.1, -0.05) is 23.4 Å². The van der Waals surface area contributed by atoms with E-state index in [1.165, 1.54) is 12.1 Å². The Balaban J connectivity index is 2.95. The van der Waals surface area contributed by atoms with Crippen LogP contribution in [0.4, 0.5) is 0 Å². The molecule has 0 aliphatic rings. The van der Waals surface area contributed by atoms with Gasteiger partial charge < -0.3 is 5.11 Å². The summed E-state index contributed by atoms with van der Waals surface area (Å²) in [7, 11) is 0. The number of carboxylic acid groups (broad SMARTS) is 1. The molecule has 0 bridgehead atoms. The van der Waals surface area contributed by atoms with Gasteiger partial charge in [0.15, 0.2) is 0 Å². The van der Waals surface area contributed by atoms with E-state index in [0.29, 0.717) is 22.9 Å². The van der Waals surface area contributed by atoms with Crippen molar-refractivity contribution in [2.45, 2.75) is 6.42 Å². The molecule has 0 heterocycles. The molecule has 0 amide bonds. The molecule has 0 fully saturated rings. The molecule has 78 valence electrons. The summed E-state index contributed by atoms with van der Waals surface area (Å²) in [4.78, 5) is 10.6. The van der Waals surface area contributed by atoms with Crippen LogP contribution in [-0.2, 0) is 0 Å². The van der Waals surface area contributed by atoms with Crippen LogP contribution in [0.2, 0.25) is 5.02 Å². The molecule has 15 heavy (non-hydrogen) atoms. The van der Waals surface area contributed by atoms with Crippen molar-refractivity contribution in [3.8, 4) is 11.8 Å². The monoisotopic (exact) mass is 242 g/mol. The van der Waals surface area contributed by atoms with Gasteiger partial charge in [0.25, 0.3) is 0 Å². The van der Waals surface area contributed by atoms with Crippen LogP contribution >= 0.6 is 23.2 Å². The topological polar surface area (TPSA) is 37.3 Å². The Labute approximate surface area is 97.8 Å². The van der Waals surface area contributed by atoms with Gasteiger partial charge in [-0.25, -0.2) is 4.79 Å². The minimum atomic E-state index is -1.00. The SMILES string of the molecule is O=C(O)c1ccc(C#CCCCl)c(Cl)c1. The maximum absolute atomic E-state index is 10.6. The summed E-state index contributed by atoms with van der Waals surface area (Å²) < 4.78 is 0. The quantitative estimate of drug-likeness (QED) is 0.640. The Bertz CT molecular complexity index is 430. The summed E-state index contributed by atoms with van der Waals surface area (Å²) in [6.45, 7) is 0. The van der Waals surface area contributed by atoms with Crippen LogP contribution < -0.4 is 0 Å². The summed E-state index contributed by atoms with van der Waals surface area (Å²) in [5, 5.41) is 9.05. The van der Waals surface area contributed by atoms with Crippen LogP contribution in [-0.4, -0.2) is 17.0 Å². The predicted molar refractivity (Wildman–Crippen MR) is 60.6 cm³/mol. The number of carbonyl (C=O) groups is 1. The van der Waals surface area contributed by atoms with Gasteiger partial charge in [-0.05, 0) is 18.2 Å². The second-order valence-electron chi connectivity index (χ2n) is 2.74. The standard InChI is InChI=1S/C11H8Cl2O2/c12-6-2-1-3-8-4-5-9(11(14)15)7-10(8)13/h4-5,7H,2,6H2,(H,14,15). The first-order valence-electron chi connectivity index (χ1n) is 4.23. The number of halogens is 2. The first-order valence-corrected chi connectivity index (χ1v) is 5.14. The van der Waals surface area contributed by atoms with Crippen molar-refractivity contribution in [2.75, 3.05) is 5.88 Å². The highest BCUT2D eigenvalue weighted by molar-refractivity contribution is 6.32. The van der Waals surface area contributed by atoms with E-state index in [9.17, 15) is 4.79 Å². The molecule has 1 N–H and O–H groups in total. The van der Waals surface area contributed by atoms with Gasteiger partial charge in [0.2, 0.25) is 0 Å². The van der Waals surface area contributed by atoms with E-state index in [0.717, 1.165) is 0 Å². The van der Waals surface area contributed by atoms with E-state index < -0.39 is 5.97 Å². The zero-order valence-electron chi connectivity index (χ0n) is 7.76. The van der Waals surface area contributed by atoms with Gasteiger partial charge in [-0.15, -0.1) is 11.6 Å². The second-order valence-corrected chi connectivity index (χ2v) is 3.53. The molecular formula is C11H8Cl2O2. The van der Waals surface area contributed by atoms with E-state index in [1.54, 1.807) is 6.07 Å². The van der Waals surface area contributed by atoms with Gasteiger partial charge >= 0.3 is 5.97 Å². The zero-order chi connectivity index (χ0) is 11.3. The van der Waals surface area contributed by atoms with E-state index in [1.807, 2.05) is 0 Å². The number of carboxylic acids is 1. The van der Waals surface area contributed by atoms with Crippen molar-refractivity contribution >= 4 is 29.2 Å². The molecule has 1 rings (SSSR count). The fourth-order valence-electron chi connectivity index (χ4n) is 0.954. The minimum absolute atomic E-state index is 0.155. The summed E-state index contributed by atoms with van der Waals surface area (Å²) in [6.07, 6.45) is 0.582. The number of aromatic carboxylic acids is 1. The normalized spacial score (nSPS) is 9.20. The molecule has 4 heteroatoms. The van der Waals surface area contributed by atoms with Gasteiger partial charge in [-0.3, -0.25) is 0 Å². The van der Waals surface area contributed by atoms with Crippen molar-refractivity contribution < 1.29 is 9.90 Å². The Morgan fingerprint density at radius 3 is 2.73 bits per heavy atom. The van der Waals surface area contributed by atoms with Gasteiger partial charge in [0.05, 0.1) is 10.6 Å². The molecule has 0 spiro atoms. The smallest absolute Gasteiger partial charge is 0.335 e. The molecule has 0 aliphatic heterocycles. The molecule has 0 saturated heterocycles. The molecule has 1 aromatic carbocycles. The van der Waals surface area contributed by atoms with Crippen LogP contribution in [0.25, 0.3) is 0 Å². The molecule has 0 atom stereocenters. The van der Waals surface area contributed by atoms with Crippen LogP contribution in [0.15, 0.2) is 18.2 Å². The van der Waals surface area contributed by atoms with Crippen molar-refractivity contribution in [1.82, 2.24) is 0 Å². The lowest BCUT2D eigenvalue weighted by Gasteiger charge is -1.97. The molecule has 0 unspecified atom stereocenters. The van der Waals surface area contributed by atoms with Gasteiger partial charge in [-0.2, -0.15) is 0 Å². The maximum Gasteiger partial charge on any atom is 0.335 e. The predicted octanol–water partition coefficient (Wildman–Crippen LogP) is 3.02. The van der Waals surface area contributed by atoms with Gasteiger partial charge in [0.1, 0.15) is 0 Å². The number of hydrogen-bond donors (Lipinski definition) is 1. The third kappa shape index (κ3) is 3.47. The van der Waals surface area contributed by atoms with Crippen molar-refractivity contribution in [2.24, 2.45) is 0 Å². The highest BCUT2D eigenvalue weighted by atomic mass is 35.5. The highest BCUT2D eigenvalue weighted by Gasteiger charge is 2.04. The molecule has 1 aromatic rings. The molecule has 0 aliphatic carbocycles. The van der Waals surface area contributed by atoms with E-state index in [4.69, 9.17) is 28.3 Å². The molecule has 0 saturated carbocycles. The molecular weight excluding hydrogens is 235 g/mol. The van der Waals surface area contributed by atoms with Crippen LogP contribution in [0.5, 0.6) is 0 Å². The number of alkyl halides is 1. The lowest BCUT2D eigenvalue weighted by atomic mass is 10.1. The lowest BCUT2D eigenvalue weighted by Crippen LogP contribution is -1.95. The third-order valence-corrected chi connectivity index (χ3v) is 2.16. The number of rotatable bonds is 2. The van der Waals surface area contributed by atoms with Crippen molar-refractivity contribution in [3.63, 3.8) is 0 Å². The second kappa shape index (κ2) is 5.65. The first kappa shape index (κ1) is 11.9. The summed E-state index contributed by atoms with van der Waals surface area (Å²) in [6, 6.07) is 4.44. The molecule has 0 aromatic heterocycles. The minimum Gasteiger partial charge on any atom is -0.478 e. The van der Waals surface area contributed by atoms with Crippen LogP contribution in [0.1, 0.15) is 22.3 Å². The summed E-state index contributed by atoms with van der Waals surface area (Å²) >= 11 is 11.3. The highest BCUT2D eigenvalue weighted by Crippen LogP contribution is 2.16. The van der Waals surface area contributed by atoms with E-state index in [-0.39, 0.29) is 5.56 Å². The van der Waals surface area contributed by atoms with Crippen LogP contribution in [0.3, 0.4) is 0 Å². The van der Waals surface area contributed by atoms with Gasteiger partial charge in [0, 0.05) is 17.9 Å². The lowest BCUT2D eigenvalue weighted by molar-refractivity contribution is 0.0697. The largest absolute Gasteiger partial charge is 0.478 e. The Hall–Kier alpha value is -1.17. The number of hydrogen-bond acceptors (Lipinski definition) is 1. The average molecular weight is 243 g/mol. The number of benzene rings is 1. The Morgan fingerprint density at radius 1 is 1.47 bits per heavy atom. The third-order valence-electron chi connectivity index (χ3n) is 1.66. The van der Waals surface area contributed by atoms with E-state index >= 15 is 0 Å². The fourth-order valence-corrected chi connectivity index (χ4v) is 1.28. The summed E-state index contributed by atoms with van der Waals surface area (Å²) in [5.74, 6) is 5.12. The summed E-state index contributed by atoms with van der Waals surface area (Å²) in [5.41, 5.74) is 0.773. The molecule has 0 radical (unpaired) electrons. The molecule has 2 nitrogen and oxygen atoms in total. The zero-order valence-corrected chi connectivity index (χ0v) is 9.27. The van der Waals surface area contributed by atoms with Crippen molar-refractivity contribution in [3.05, 3.63) is 34.3 Å².